The molecule has 176 valence electrons. The van der Waals surface area contributed by atoms with Gasteiger partial charge in [0.2, 0.25) is 0 Å². The fourth-order valence-corrected chi connectivity index (χ4v) is 4.29. The largest absolute Gasteiger partial charge is 0.573 e. The Kier molecular flexibility index (Phi) is 6.43. The molecule has 4 aromatic rings. The minimum absolute atomic E-state index is 0.304. The molecule has 2 aromatic carbocycles. The van der Waals surface area contributed by atoms with Crippen molar-refractivity contribution in [3.8, 4) is 28.1 Å². The van der Waals surface area contributed by atoms with Crippen LogP contribution in [0.25, 0.3) is 22.4 Å². The molecule has 0 aliphatic rings. The van der Waals surface area contributed by atoms with Gasteiger partial charge in [-0.05, 0) is 55.7 Å². The van der Waals surface area contributed by atoms with Crippen molar-refractivity contribution in [2.45, 2.75) is 33.7 Å². The normalized spacial score (nSPS) is 11.5. The third kappa shape index (κ3) is 5.12. The van der Waals surface area contributed by atoms with Crippen molar-refractivity contribution < 1.29 is 22.7 Å². The number of nitrogens with one attached hydrogen (secondary N) is 1. The standard InChI is InChI=1S/C24H21F3N4O2S/c1-4-31-12-20(15(3)30-31)21-13-34-23(28-21)29-22(32)19-7-5-6-18(14(19)2)16-8-10-17(11-9-16)33-24(25,26)27/h5-13H,4H2,1-3H3,(H,28,29,32). The van der Waals surface area contributed by atoms with Crippen LogP contribution in [0.4, 0.5) is 18.3 Å². The molecule has 34 heavy (non-hydrogen) atoms. The molecule has 2 heterocycles. The lowest BCUT2D eigenvalue weighted by atomic mass is 9.96. The van der Waals surface area contributed by atoms with Gasteiger partial charge in [-0.1, -0.05) is 24.3 Å². The van der Waals surface area contributed by atoms with Crippen LogP contribution < -0.4 is 10.1 Å². The van der Waals surface area contributed by atoms with Gasteiger partial charge in [0, 0.05) is 29.2 Å². The van der Waals surface area contributed by atoms with E-state index in [1.165, 1.54) is 35.6 Å². The fraction of sp³-hybridized carbons (Fsp3) is 0.208. The molecule has 0 unspecified atom stereocenters. The summed E-state index contributed by atoms with van der Waals surface area (Å²) in [5.74, 6) is -0.625. The number of benzene rings is 2. The first-order valence-electron chi connectivity index (χ1n) is 10.4. The third-order valence-corrected chi connectivity index (χ3v) is 6.01. The second-order valence-electron chi connectivity index (χ2n) is 7.53. The Labute approximate surface area is 198 Å². The first kappa shape index (κ1) is 23.5. The van der Waals surface area contributed by atoms with Crippen molar-refractivity contribution in [3.63, 3.8) is 0 Å². The molecular formula is C24H21F3N4O2S. The number of carbonyl (C=O) groups is 1. The summed E-state index contributed by atoms with van der Waals surface area (Å²) in [4.78, 5) is 17.5. The molecule has 0 spiro atoms. The minimum Gasteiger partial charge on any atom is -0.406 e. The van der Waals surface area contributed by atoms with Gasteiger partial charge in [-0.25, -0.2) is 4.98 Å². The second-order valence-corrected chi connectivity index (χ2v) is 8.38. The predicted octanol–water partition coefficient (Wildman–Crippen LogP) is 6.46. The van der Waals surface area contributed by atoms with Crippen LogP contribution >= 0.6 is 11.3 Å². The number of hydrogen-bond acceptors (Lipinski definition) is 5. The number of rotatable bonds is 6. The van der Waals surface area contributed by atoms with Gasteiger partial charge in [-0.2, -0.15) is 5.10 Å². The van der Waals surface area contributed by atoms with E-state index in [2.05, 4.69) is 20.1 Å². The van der Waals surface area contributed by atoms with Crippen LogP contribution in [0.15, 0.2) is 54.0 Å². The molecule has 4 rings (SSSR count). The Balaban J connectivity index is 1.53. The van der Waals surface area contributed by atoms with Crippen molar-refractivity contribution in [2.24, 2.45) is 0 Å². The smallest absolute Gasteiger partial charge is 0.406 e. The molecule has 0 bridgehead atoms. The van der Waals surface area contributed by atoms with Gasteiger partial charge in [0.25, 0.3) is 5.91 Å². The molecule has 0 aliphatic carbocycles. The lowest BCUT2D eigenvalue weighted by Crippen LogP contribution is -2.17. The number of anilines is 1. The molecule has 6 nitrogen and oxygen atoms in total. The summed E-state index contributed by atoms with van der Waals surface area (Å²) in [6, 6.07) is 10.8. The lowest BCUT2D eigenvalue weighted by Gasteiger charge is -2.12. The molecule has 0 fully saturated rings. The monoisotopic (exact) mass is 486 g/mol. The van der Waals surface area contributed by atoms with Crippen LogP contribution in [0.3, 0.4) is 0 Å². The predicted molar refractivity (Wildman–Crippen MR) is 125 cm³/mol. The number of aryl methyl sites for hydroxylation is 2. The van der Waals surface area contributed by atoms with Crippen molar-refractivity contribution in [1.29, 1.82) is 0 Å². The van der Waals surface area contributed by atoms with Gasteiger partial charge >= 0.3 is 6.36 Å². The summed E-state index contributed by atoms with van der Waals surface area (Å²) >= 11 is 1.32. The van der Waals surface area contributed by atoms with Gasteiger partial charge < -0.3 is 4.74 Å². The van der Waals surface area contributed by atoms with Crippen molar-refractivity contribution in [1.82, 2.24) is 14.8 Å². The van der Waals surface area contributed by atoms with Crippen molar-refractivity contribution in [3.05, 3.63) is 70.9 Å². The Morgan fingerprint density at radius 3 is 2.50 bits per heavy atom. The topological polar surface area (TPSA) is 69.0 Å². The van der Waals surface area contributed by atoms with Crippen LogP contribution in [-0.2, 0) is 6.54 Å². The molecule has 0 saturated heterocycles. The van der Waals surface area contributed by atoms with Crippen molar-refractivity contribution in [2.75, 3.05) is 5.32 Å². The van der Waals surface area contributed by atoms with E-state index in [-0.39, 0.29) is 11.7 Å². The van der Waals surface area contributed by atoms with E-state index in [0.717, 1.165) is 29.1 Å². The van der Waals surface area contributed by atoms with Crippen LogP contribution in [0.2, 0.25) is 0 Å². The van der Waals surface area contributed by atoms with Gasteiger partial charge in [0.15, 0.2) is 5.13 Å². The zero-order chi connectivity index (χ0) is 24.5. The van der Waals surface area contributed by atoms with Gasteiger partial charge in [0.1, 0.15) is 5.75 Å². The molecule has 0 radical (unpaired) electrons. The molecule has 10 heteroatoms. The summed E-state index contributed by atoms with van der Waals surface area (Å²) in [6.45, 7) is 6.46. The third-order valence-electron chi connectivity index (χ3n) is 5.25. The van der Waals surface area contributed by atoms with Crippen LogP contribution in [0.1, 0.15) is 28.5 Å². The van der Waals surface area contributed by atoms with E-state index in [1.807, 2.05) is 30.1 Å². The first-order chi connectivity index (χ1) is 16.1. The van der Waals surface area contributed by atoms with Crippen LogP contribution in [0, 0.1) is 13.8 Å². The molecular weight excluding hydrogens is 465 g/mol. The average molecular weight is 487 g/mol. The Morgan fingerprint density at radius 1 is 1.12 bits per heavy atom. The number of nitrogens with zero attached hydrogens (tertiary/aromatic N) is 3. The van der Waals surface area contributed by atoms with Crippen LogP contribution in [0.5, 0.6) is 5.75 Å². The maximum absolute atomic E-state index is 13.0. The van der Waals surface area contributed by atoms with Gasteiger partial charge in [-0.3, -0.25) is 14.8 Å². The first-order valence-corrected chi connectivity index (χ1v) is 11.3. The SMILES string of the molecule is CCn1cc(-c2csc(NC(=O)c3cccc(-c4ccc(OC(F)(F)F)cc4)c3C)n2)c(C)n1. The highest BCUT2D eigenvalue weighted by molar-refractivity contribution is 7.14. The number of amides is 1. The number of thiazole rings is 1. The molecule has 0 atom stereocenters. The number of carbonyl (C=O) groups excluding carboxylic acids is 1. The Morgan fingerprint density at radius 2 is 1.85 bits per heavy atom. The van der Waals surface area contributed by atoms with E-state index in [0.29, 0.717) is 21.8 Å². The minimum atomic E-state index is -4.75. The highest BCUT2D eigenvalue weighted by atomic mass is 32.1. The average Bonchev–Trinajstić information content (AvgIpc) is 3.39. The maximum Gasteiger partial charge on any atom is 0.573 e. The van der Waals surface area contributed by atoms with E-state index >= 15 is 0 Å². The van der Waals surface area contributed by atoms with Crippen molar-refractivity contribution >= 4 is 22.4 Å². The number of halogens is 3. The number of alkyl halides is 3. The van der Waals surface area contributed by atoms with Crippen LogP contribution in [-0.4, -0.2) is 27.0 Å². The zero-order valence-corrected chi connectivity index (χ0v) is 19.4. The number of hydrogen-bond donors (Lipinski definition) is 1. The molecule has 0 aliphatic heterocycles. The highest BCUT2D eigenvalue weighted by Gasteiger charge is 2.31. The fourth-order valence-electron chi connectivity index (χ4n) is 3.58. The molecule has 1 amide bonds. The van der Waals surface area contributed by atoms with E-state index in [9.17, 15) is 18.0 Å². The van der Waals surface area contributed by atoms with Gasteiger partial charge in [-0.15, -0.1) is 24.5 Å². The number of ether oxygens (including phenoxy) is 1. The summed E-state index contributed by atoms with van der Waals surface area (Å²) in [7, 11) is 0. The van der Waals surface area contributed by atoms with Gasteiger partial charge in [0.05, 0.1) is 11.4 Å². The maximum atomic E-state index is 13.0. The lowest BCUT2D eigenvalue weighted by molar-refractivity contribution is -0.274. The Hall–Kier alpha value is -3.66. The molecule has 1 N–H and O–H groups in total. The van der Waals surface area contributed by atoms with E-state index in [1.54, 1.807) is 25.1 Å². The Bertz CT molecular complexity index is 1330. The van der Waals surface area contributed by atoms with E-state index in [4.69, 9.17) is 0 Å². The summed E-state index contributed by atoms with van der Waals surface area (Å²) in [5.41, 5.74) is 5.05. The zero-order valence-electron chi connectivity index (χ0n) is 18.6. The molecule has 2 aromatic heterocycles. The molecule has 0 saturated carbocycles. The summed E-state index contributed by atoms with van der Waals surface area (Å²) < 4.78 is 43.0. The highest BCUT2D eigenvalue weighted by Crippen LogP contribution is 2.31. The number of aromatic nitrogens is 3. The quantitative estimate of drug-likeness (QED) is 0.340. The summed E-state index contributed by atoms with van der Waals surface area (Å²) in [6.07, 6.45) is -2.82. The second kappa shape index (κ2) is 9.30. The summed E-state index contributed by atoms with van der Waals surface area (Å²) in [5, 5.41) is 9.59. The van der Waals surface area contributed by atoms with E-state index < -0.39 is 6.36 Å².